The third-order valence-corrected chi connectivity index (χ3v) is 6.63. The Morgan fingerprint density at radius 1 is 1.39 bits per heavy atom. The average molecular weight is 498 g/mol. The van der Waals surface area contributed by atoms with Gasteiger partial charge in [-0.2, -0.15) is 0 Å². The Hall–Kier alpha value is -1.51. The number of guanidine groups is 1. The summed E-state index contributed by atoms with van der Waals surface area (Å²) in [5.74, 6) is 2.09. The Balaban J connectivity index is 0.00000225. The van der Waals surface area contributed by atoms with Crippen molar-refractivity contribution in [3.05, 3.63) is 29.8 Å². The molecule has 1 aliphatic carbocycles. The van der Waals surface area contributed by atoms with Crippen LogP contribution in [-0.2, 0) is 10.2 Å². The lowest BCUT2D eigenvalue weighted by atomic mass is 9.79. The van der Waals surface area contributed by atoms with Crippen molar-refractivity contribution in [3.8, 4) is 5.75 Å². The molecule has 4 rings (SSSR count). The molecule has 0 bridgehead atoms. The second-order valence-electron chi connectivity index (χ2n) is 8.54. The van der Waals surface area contributed by atoms with Gasteiger partial charge in [0.25, 0.3) is 0 Å². The maximum absolute atomic E-state index is 11.8. The topological polar surface area (TPSA) is 66.0 Å². The maximum Gasteiger partial charge on any atom is 0.220 e. The second-order valence-corrected chi connectivity index (χ2v) is 8.54. The third-order valence-electron chi connectivity index (χ3n) is 6.63. The predicted octanol–water partition coefficient (Wildman–Crippen LogP) is 2.52. The fourth-order valence-electron chi connectivity index (χ4n) is 4.87. The number of carbonyl (C=O) groups excluding carboxylic acids is 1. The number of methoxy groups -OCH3 is 1. The molecule has 1 amide bonds. The van der Waals surface area contributed by atoms with Crippen molar-refractivity contribution in [2.24, 2.45) is 10.4 Å². The van der Waals surface area contributed by atoms with Crippen LogP contribution in [-0.4, -0.2) is 56.6 Å². The van der Waals surface area contributed by atoms with Gasteiger partial charge in [-0.25, -0.2) is 0 Å². The van der Waals surface area contributed by atoms with Crippen molar-refractivity contribution in [1.29, 1.82) is 0 Å². The fourth-order valence-corrected chi connectivity index (χ4v) is 4.87. The van der Waals surface area contributed by atoms with E-state index < -0.39 is 0 Å². The summed E-state index contributed by atoms with van der Waals surface area (Å²) in [6.45, 7) is 4.96. The van der Waals surface area contributed by atoms with E-state index in [1.165, 1.54) is 5.56 Å². The smallest absolute Gasteiger partial charge is 0.220 e. The highest BCUT2D eigenvalue weighted by molar-refractivity contribution is 14.0. The van der Waals surface area contributed by atoms with E-state index in [1.54, 1.807) is 7.11 Å². The van der Waals surface area contributed by atoms with E-state index >= 15 is 0 Å². The first-order valence-electron chi connectivity index (χ1n) is 9.88. The molecule has 2 saturated heterocycles. The number of rotatable bonds is 3. The van der Waals surface area contributed by atoms with Crippen LogP contribution in [0.1, 0.15) is 38.2 Å². The maximum atomic E-state index is 11.8. The first-order chi connectivity index (χ1) is 13.0. The molecule has 1 spiro atoms. The average Bonchev–Trinajstić information content (AvgIpc) is 3.22. The molecule has 3 atom stereocenters. The quantitative estimate of drug-likeness (QED) is 0.382. The molecule has 3 fully saturated rings. The molecule has 154 valence electrons. The Morgan fingerprint density at radius 2 is 2.18 bits per heavy atom. The van der Waals surface area contributed by atoms with Crippen LogP contribution in [0.4, 0.5) is 0 Å². The zero-order valence-electron chi connectivity index (χ0n) is 17.0. The Morgan fingerprint density at radius 3 is 2.86 bits per heavy atom. The van der Waals surface area contributed by atoms with Crippen molar-refractivity contribution in [2.45, 2.75) is 44.1 Å². The number of para-hydroxylation sites is 1. The van der Waals surface area contributed by atoms with E-state index in [0.29, 0.717) is 12.5 Å². The Bertz CT molecular complexity index is 771. The number of hydrogen-bond acceptors (Lipinski definition) is 3. The van der Waals surface area contributed by atoms with Crippen LogP contribution in [0.25, 0.3) is 0 Å². The SMILES string of the molecule is CN=C(NC1CC1(C)c1ccccc1OC)N1CCCC2(CNC(=O)C2)C1.I. The predicted molar refractivity (Wildman–Crippen MR) is 122 cm³/mol. The number of aliphatic imine (C=N–C) groups is 1. The van der Waals surface area contributed by atoms with Gasteiger partial charge < -0.3 is 20.3 Å². The van der Waals surface area contributed by atoms with Crippen LogP contribution in [0.5, 0.6) is 5.75 Å². The monoisotopic (exact) mass is 498 g/mol. The van der Waals surface area contributed by atoms with Gasteiger partial charge in [0.15, 0.2) is 5.96 Å². The Kier molecular flexibility index (Phi) is 6.12. The molecule has 7 heteroatoms. The van der Waals surface area contributed by atoms with Gasteiger partial charge in [0, 0.05) is 55.5 Å². The fraction of sp³-hybridized carbons (Fsp3) is 0.619. The van der Waals surface area contributed by atoms with Gasteiger partial charge in [0.2, 0.25) is 5.91 Å². The highest BCUT2D eigenvalue weighted by atomic mass is 127. The first-order valence-corrected chi connectivity index (χ1v) is 9.88. The summed E-state index contributed by atoms with van der Waals surface area (Å²) >= 11 is 0. The summed E-state index contributed by atoms with van der Waals surface area (Å²) in [4.78, 5) is 18.7. The molecule has 1 aromatic carbocycles. The zero-order chi connectivity index (χ0) is 19.1. The minimum atomic E-state index is 0. The lowest BCUT2D eigenvalue weighted by molar-refractivity contribution is -0.119. The summed E-state index contributed by atoms with van der Waals surface area (Å²) in [6.07, 6.45) is 3.92. The van der Waals surface area contributed by atoms with Crippen molar-refractivity contribution in [2.75, 3.05) is 33.8 Å². The van der Waals surface area contributed by atoms with Crippen molar-refractivity contribution in [3.63, 3.8) is 0 Å². The molecule has 2 N–H and O–H groups in total. The summed E-state index contributed by atoms with van der Waals surface area (Å²) < 4.78 is 5.57. The second kappa shape index (κ2) is 8.08. The summed E-state index contributed by atoms with van der Waals surface area (Å²) in [7, 11) is 3.58. The molecule has 28 heavy (non-hydrogen) atoms. The molecule has 2 aliphatic heterocycles. The number of ether oxygens (including phenoxy) is 1. The van der Waals surface area contributed by atoms with Crippen molar-refractivity contribution >= 4 is 35.8 Å². The third kappa shape index (κ3) is 3.82. The lowest BCUT2D eigenvalue weighted by Gasteiger charge is -2.41. The molecular weight excluding hydrogens is 467 g/mol. The molecule has 0 radical (unpaired) electrons. The van der Waals surface area contributed by atoms with E-state index in [2.05, 4.69) is 39.6 Å². The van der Waals surface area contributed by atoms with Gasteiger partial charge in [-0.1, -0.05) is 25.1 Å². The molecule has 2 heterocycles. The van der Waals surface area contributed by atoms with E-state index in [0.717, 1.165) is 50.6 Å². The number of halogens is 1. The molecule has 3 aliphatic rings. The van der Waals surface area contributed by atoms with Crippen molar-refractivity contribution in [1.82, 2.24) is 15.5 Å². The van der Waals surface area contributed by atoms with Gasteiger partial charge in [0.1, 0.15) is 5.75 Å². The lowest BCUT2D eigenvalue weighted by Crippen LogP contribution is -2.52. The van der Waals surface area contributed by atoms with Gasteiger partial charge in [-0.05, 0) is 25.3 Å². The largest absolute Gasteiger partial charge is 0.496 e. The molecule has 1 aromatic rings. The minimum absolute atomic E-state index is 0. The van der Waals surface area contributed by atoms with Gasteiger partial charge in [-0.3, -0.25) is 9.79 Å². The van der Waals surface area contributed by atoms with Crippen LogP contribution in [0.2, 0.25) is 0 Å². The standard InChI is InChI=1S/C21H30N4O2.HI/c1-20(15-7-4-5-8-16(15)27-3)11-17(20)24-19(22-2)25-10-6-9-21(14-25)12-18(26)23-13-21;/h4-5,7-8,17H,6,9-14H2,1-3H3,(H,22,24)(H,23,26);1H. The van der Waals surface area contributed by atoms with E-state index in [-0.39, 0.29) is 40.7 Å². The molecule has 1 saturated carbocycles. The van der Waals surface area contributed by atoms with Gasteiger partial charge in [0.05, 0.1) is 7.11 Å². The molecule has 0 aromatic heterocycles. The number of hydrogen-bond donors (Lipinski definition) is 2. The highest BCUT2D eigenvalue weighted by Crippen LogP contribution is 2.51. The Labute approximate surface area is 184 Å². The number of nitrogens with one attached hydrogen (secondary N) is 2. The number of carbonyl (C=O) groups is 1. The van der Waals surface area contributed by atoms with Crippen LogP contribution >= 0.6 is 24.0 Å². The minimum Gasteiger partial charge on any atom is -0.496 e. The summed E-state index contributed by atoms with van der Waals surface area (Å²) in [5.41, 5.74) is 1.38. The molecule has 6 nitrogen and oxygen atoms in total. The number of likely N-dealkylation sites (tertiary alicyclic amines) is 1. The summed E-state index contributed by atoms with van der Waals surface area (Å²) in [6, 6.07) is 8.62. The van der Waals surface area contributed by atoms with E-state index in [9.17, 15) is 4.79 Å². The first kappa shape index (κ1) is 21.2. The number of benzene rings is 1. The van der Waals surface area contributed by atoms with Crippen LogP contribution in [0, 0.1) is 5.41 Å². The highest BCUT2D eigenvalue weighted by Gasteiger charge is 2.54. The van der Waals surface area contributed by atoms with Gasteiger partial charge in [-0.15, -0.1) is 24.0 Å². The van der Waals surface area contributed by atoms with E-state index in [1.807, 2.05) is 19.2 Å². The molecular formula is C21H31IN4O2. The number of amides is 1. The zero-order valence-corrected chi connectivity index (χ0v) is 19.3. The molecule has 3 unspecified atom stereocenters. The van der Waals surface area contributed by atoms with Crippen LogP contribution in [0.3, 0.4) is 0 Å². The summed E-state index contributed by atoms with van der Waals surface area (Å²) in [5, 5.41) is 6.70. The van der Waals surface area contributed by atoms with Crippen LogP contribution < -0.4 is 15.4 Å². The number of nitrogens with zero attached hydrogens (tertiary/aromatic N) is 2. The van der Waals surface area contributed by atoms with Crippen LogP contribution in [0.15, 0.2) is 29.3 Å². The number of piperidine rings is 1. The van der Waals surface area contributed by atoms with E-state index in [4.69, 9.17) is 4.74 Å². The van der Waals surface area contributed by atoms with Gasteiger partial charge >= 0.3 is 0 Å². The normalized spacial score (nSPS) is 32.0. The van der Waals surface area contributed by atoms with Crippen molar-refractivity contribution < 1.29 is 9.53 Å².